The minimum atomic E-state index is -1.39. The molecule has 0 nitrogen and oxygen atoms in total. The molecule has 182 valence electrons. The molecule has 0 heterocycles. The van der Waals surface area contributed by atoms with Crippen LogP contribution in [0.25, 0.3) is 17.2 Å². The average molecular weight is 558 g/mol. The Labute approximate surface area is 225 Å². The third kappa shape index (κ3) is 4.12. The SMILES string of the molecule is CC1=Cc2c(cc3c(c2-c2ccccc2C(C)C)CCC3)[CH]1[Zr][Si](C)(C)C1C(C)=C(C)C(C)=C1C. The van der Waals surface area contributed by atoms with E-state index in [2.05, 4.69) is 98.0 Å². The van der Waals surface area contributed by atoms with Crippen molar-refractivity contribution in [2.45, 2.75) is 95.9 Å². The van der Waals surface area contributed by atoms with Gasteiger partial charge in [0.05, 0.1) is 0 Å². The van der Waals surface area contributed by atoms with Gasteiger partial charge in [0.15, 0.2) is 0 Å². The van der Waals surface area contributed by atoms with E-state index in [0.29, 0.717) is 5.92 Å². The number of hydrogen-bond acceptors (Lipinski definition) is 0. The molecule has 0 fully saturated rings. The molecule has 2 heteroatoms. The van der Waals surface area contributed by atoms with E-state index in [1.807, 2.05) is 0 Å². The normalized spacial score (nSPS) is 20.2. The van der Waals surface area contributed by atoms with E-state index < -0.39 is 27.6 Å². The number of allylic oxidation sites excluding steroid dienone is 5. The second-order valence-corrected chi connectivity index (χ2v) is 29.6. The van der Waals surface area contributed by atoms with Gasteiger partial charge in [0.25, 0.3) is 0 Å². The van der Waals surface area contributed by atoms with Crippen LogP contribution >= 0.6 is 0 Å². The Bertz CT molecular complexity index is 1280. The van der Waals surface area contributed by atoms with Gasteiger partial charge in [-0.3, -0.25) is 0 Å². The molecular weight excluding hydrogens is 516 g/mol. The molecule has 0 bridgehead atoms. The second-order valence-electron chi connectivity index (χ2n) is 12.2. The van der Waals surface area contributed by atoms with Gasteiger partial charge in [-0.05, 0) is 0 Å². The van der Waals surface area contributed by atoms with Gasteiger partial charge in [-0.2, -0.15) is 0 Å². The summed E-state index contributed by atoms with van der Waals surface area (Å²) in [5.41, 5.74) is 20.2. The molecule has 2 aromatic rings. The van der Waals surface area contributed by atoms with Crippen LogP contribution in [0.3, 0.4) is 0 Å². The standard InChI is InChI=1S/C22H23.C11H19Si.Zr/c1-14(2)18-8-4-5-9-20(18)22-19-10-6-7-16(19)13-17-11-15(3)12-21(17)22;1-7-8(2)10(4)11(9(7)3)12(5)6;/h4-5,8-9,11-14H,6-7,10H2,1-3H3;11H,1-6H3;. The van der Waals surface area contributed by atoms with Crippen molar-refractivity contribution in [2.24, 2.45) is 0 Å². The van der Waals surface area contributed by atoms with Crippen molar-refractivity contribution >= 4 is 11.3 Å². The summed E-state index contributed by atoms with van der Waals surface area (Å²) in [6, 6.07) is 11.9. The molecule has 5 rings (SSSR count). The van der Waals surface area contributed by atoms with Crippen molar-refractivity contribution < 1.29 is 22.4 Å². The van der Waals surface area contributed by atoms with Gasteiger partial charge in [0, 0.05) is 0 Å². The first-order chi connectivity index (χ1) is 16.5. The Kier molecular flexibility index (Phi) is 6.72. The number of rotatable bonds is 5. The molecule has 2 aromatic carbocycles. The zero-order valence-corrected chi connectivity index (χ0v) is 26.8. The zero-order valence-electron chi connectivity index (χ0n) is 23.3. The zero-order chi connectivity index (χ0) is 25.2. The molecule has 1 unspecified atom stereocenters. The fraction of sp³-hybridized carbons (Fsp3) is 0.455. The van der Waals surface area contributed by atoms with Crippen LogP contribution < -0.4 is 0 Å². The van der Waals surface area contributed by atoms with E-state index in [1.165, 1.54) is 30.4 Å². The first-order valence-corrected chi connectivity index (χ1v) is 21.8. The van der Waals surface area contributed by atoms with Gasteiger partial charge in [-0.15, -0.1) is 0 Å². The van der Waals surface area contributed by atoms with E-state index in [4.69, 9.17) is 0 Å². The van der Waals surface area contributed by atoms with Crippen molar-refractivity contribution in [2.75, 3.05) is 0 Å². The monoisotopic (exact) mass is 556 g/mol. The van der Waals surface area contributed by atoms with Crippen LogP contribution in [0.2, 0.25) is 18.6 Å². The first kappa shape index (κ1) is 25.4. The van der Waals surface area contributed by atoms with Crippen LogP contribution in [0.15, 0.2) is 58.2 Å². The summed E-state index contributed by atoms with van der Waals surface area (Å²) in [4.78, 5) is 0. The summed E-state index contributed by atoms with van der Waals surface area (Å²) in [5, 5.41) is -1.39. The number of fused-ring (bicyclic) bond motifs is 2. The molecule has 0 saturated carbocycles. The summed E-state index contributed by atoms with van der Waals surface area (Å²) in [5.74, 6) is 0.544. The Balaban J connectivity index is 1.62. The quantitative estimate of drug-likeness (QED) is 0.321. The number of aryl methyl sites for hydroxylation is 1. The predicted octanol–water partition coefficient (Wildman–Crippen LogP) is 9.77. The third-order valence-electron chi connectivity index (χ3n) is 9.31. The van der Waals surface area contributed by atoms with E-state index in [1.54, 1.807) is 55.7 Å². The summed E-state index contributed by atoms with van der Waals surface area (Å²) in [6.45, 7) is 22.2. The van der Waals surface area contributed by atoms with E-state index in [9.17, 15) is 0 Å². The van der Waals surface area contributed by atoms with E-state index in [0.717, 1.165) is 9.17 Å². The van der Waals surface area contributed by atoms with Crippen LogP contribution in [0.5, 0.6) is 0 Å². The molecule has 0 saturated heterocycles. The van der Waals surface area contributed by atoms with Crippen LogP contribution in [0.1, 0.15) is 92.2 Å². The molecule has 0 spiro atoms. The fourth-order valence-corrected chi connectivity index (χ4v) is 24.8. The van der Waals surface area contributed by atoms with Crippen molar-refractivity contribution in [3.05, 3.63) is 86.0 Å². The van der Waals surface area contributed by atoms with Gasteiger partial charge in [-0.1, -0.05) is 0 Å². The van der Waals surface area contributed by atoms with Crippen molar-refractivity contribution in [1.29, 1.82) is 0 Å². The minimum absolute atomic E-state index is 0.544. The summed E-state index contributed by atoms with van der Waals surface area (Å²) >= 11 is -0.683. The van der Waals surface area contributed by atoms with Gasteiger partial charge < -0.3 is 0 Å². The molecule has 35 heavy (non-hydrogen) atoms. The molecule has 0 radical (unpaired) electrons. The summed E-state index contributed by atoms with van der Waals surface area (Å²) in [6.07, 6.45) is 6.45. The predicted molar refractivity (Wildman–Crippen MR) is 152 cm³/mol. The average Bonchev–Trinajstić information content (AvgIpc) is 3.45. The van der Waals surface area contributed by atoms with Crippen molar-refractivity contribution in [3.8, 4) is 11.1 Å². The second kappa shape index (κ2) is 9.25. The van der Waals surface area contributed by atoms with Gasteiger partial charge in [0.1, 0.15) is 0 Å². The molecule has 1 atom stereocenters. The first-order valence-electron chi connectivity index (χ1n) is 13.6. The van der Waals surface area contributed by atoms with Gasteiger partial charge in [0.2, 0.25) is 0 Å². The Morgan fingerprint density at radius 3 is 2.23 bits per heavy atom. The van der Waals surface area contributed by atoms with Crippen LogP contribution in [-0.4, -0.2) is 5.20 Å². The molecule has 3 aliphatic carbocycles. The Hall–Kier alpha value is -1.24. The third-order valence-corrected chi connectivity index (χ3v) is 24.3. The molecule has 0 aromatic heterocycles. The van der Waals surface area contributed by atoms with E-state index in [-0.39, 0.29) is 0 Å². The molecule has 3 aliphatic rings. The van der Waals surface area contributed by atoms with Crippen LogP contribution in [0.4, 0.5) is 0 Å². The number of hydrogen-bond donors (Lipinski definition) is 0. The van der Waals surface area contributed by atoms with E-state index >= 15 is 0 Å². The van der Waals surface area contributed by atoms with Gasteiger partial charge in [-0.25, -0.2) is 0 Å². The number of benzene rings is 2. The summed E-state index contributed by atoms with van der Waals surface area (Å²) in [7, 11) is 0. The Morgan fingerprint density at radius 1 is 0.914 bits per heavy atom. The summed E-state index contributed by atoms with van der Waals surface area (Å²) < 4.78 is 0.743. The molecule has 0 aliphatic heterocycles. The maximum atomic E-state index is 2.73. The van der Waals surface area contributed by atoms with Crippen molar-refractivity contribution in [3.63, 3.8) is 0 Å². The van der Waals surface area contributed by atoms with Crippen LogP contribution in [0, 0.1) is 0 Å². The molecule has 0 amide bonds. The van der Waals surface area contributed by atoms with Crippen molar-refractivity contribution in [1.82, 2.24) is 0 Å². The van der Waals surface area contributed by atoms with Crippen LogP contribution in [-0.2, 0) is 35.2 Å². The topological polar surface area (TPSA) is 0 Å². The maximum absolute atomic E-state index is 2.73. The molecule has 0 N–H and O–H groups in total. The Morgan fingerprint density at radius 2 is 1.57 bits per heavy atom. The fourth-order valence-electron chi connectivity index (χ4n) is 7.35. The molecular formula is C33H42SiZr. The van der Waals surface area contributed by atoms with Gasteiger partial charge >= 0.3 is 227 Å².